The number of thiophene rings is 1. The molecule has 0 saturated carbocycles. The second kappa shape index (κ2) is 10.3. The molecule has 1 aromatic heterocycles. The zero-order valence-electron chi connectivity index (χ0n) is 16.1. The maximum absolute atomic E-state index is 12.7. The third kappa shape index (κ3) is 6.92. The van der Waals surface area contributed by atoms with E-state index in [4.69, 9.17) is 9.05 Å². The Labute approximate surface area is 175 Å². The van der Waals surface area contributed by atoms with E-state index in [1.54, 1.807) is 12.1 Å². The minimum atomic E-state index is -3.74. The van der Waals surface area contributed by atoms with Crippen LogP contribution in [0.4, 0.5) is 5.00 Å². The summed E-state index contributed by atoms with van der Waals surface area (Å²) in [7, 11) is -2.36. The average molecular weight is 457 g/mol. The van der Waals surface area contributed by atoms with Crippen molar-refractivity contribution in [2.45, 2.75) is 26.0 Å². The minimum Gasteiger partial charge on any atom is -0.480 e. The summed E-state index contributed by atoms with van der Waals surface area (Å²) in [5, 5.41) is 24.7. The molecule has 0 aliphatic carbocycles. The van der Waals surface area contributed by atoms with Gasteiger partial charge in [0.15, 0.2) is 0 Å². The van der Waals surface area contributed by atoms with Crippen LogP contribution in [0.1, 0.15) is 17.4 Å². The van der Waals surface area contributed by atoms with Gasteiger partial charge in [-0.1, -0.05) is 23.5 Å². The van der Waals surface area contributed by atoms with E-state index in [-0.39, 0.29) is 23.8 Å². The zero-order chi connectivity index (χ0) is 22.3. The van der Waals surface area contributed by atoms with Crippen LogP contribution in [0.5, 0.6) is 5.75 Å². The first-order valence-electron chi connectivity index (χ1n) is 8.57. The minimum absolute atomic E-state index is 0.0525. The Morgan fingerprint density at radius 3 is 2.43 bits per heavy atom. The summed E-state index contributed by atoms with van der Waals surface area (Å²) in [6, 6.07) is 7.91. The SMILES string of the molecule is CNP(=O)(OCc1ccc([N+](=O)[O-])s1)Oc1ccc(CC(NC(C)=O)C(=O)O)cc1. The molecular formula is C17H20N3O8PS. The van der Waals surface area contributed by atoms with Gasteiger partial charge in [-0.15, -0.1) is 0 Å². The first-order valence-corrected chi connectivity index (χ1v) is 10.9. The molecule has 2 unspecified atom stereocenters. The number of aliphatic carboxylic acids is 1. The van der Waals surface area contributed by atoms with Crippen molar-refractivity contribution in [2.75, 3.05) is 7.05 Å². The van der Waals surface area contributed by atoms with E-state index >= 15 is 0 Å². The van der Waals surface area contributed by atoms with Crippen LogP contribution in [0.15, 0.2) is 36.4 Å². The Hall–Kier alpha value is -2.79. The first-order chi connectivity index (χ1) is 14.1. The molecule has 0 spiro atoms. The number of rotatable bonds is 11. The van der Waals surface area contributed by atoms with Gasteiger partial charge in [0, 0.05) is 24.3 Å². The molecule has 3 N–H and O–H groups in total. The lowest BCUT2D eigenvalue weighted by molar-refractivity contribution is -0.380. The third-order valence-electron chi connectivity index (χ3n) is 3.74. The Kier molecular flexibility index (Phi) is 8.07. The average Bonchev–Trinajstić information content (AvgIpc) is 3.16. The van der Waals surface area contributed by atoms with E-state index in [2.05, 4.69) is 10.4 Å². The number of carbonyl (C=O) groups is 2. The predicted molar refractivity (Wildman–Crippen MR) is 108 cm³/mol. The second-order valence-electron chi connectivity index (χ2n) is 6.02. The number of carboxylic acid groups (broad SMARTS) is 1. The molecule has 13 heteroatoms. The molecule has 2 atom stereocenters. The summed E-state index contributed by atoms with van der Waals surface area (Å²) in [6.07, 6.45) is 0.0620. The van der Waals surface area contributed by atoms with Crippen molar-refractivity contribution in [1.29, 1.82) is 0 Å². The molecule has 1 aromatic carbocycles. The van der Waals surface area contributed by atoms with Gasteiger partial charge in [-0.2, -0.15) is 0 Å². The Morgan fingerprint density at radius 1 is 1.27 bits per heavy atom. The van der Waals surface area contributed by atoms with Gasteiger partial charge in [0.05, 0.1) is 11.5 Å². The molecule has 0 saturated heterocycles. The normalized spacial score (nSPS) is 13.8. The number of hydrogen-bond donors (Lipinski definition) is 3. The highest BCUT2D eigenvalue weighted by Gasteiger charge is 2.25. The van der Waals surface area contributed by atoms with Crippen molar-refractivity contribution in [3.05, 3.63) is 57.0 Å². The van der Waals surface area contributed by atoms with E-state index in [0.717, 1.165) is 11.3 Å². The molecule has 1 amide bonds. The zero-order valence-corrected chi connectivity index (χ0v) is 17.8. The standard InChI is InChI=1S/C17H20N3O8PS/c1-11(21)19-15(17(22)23)9-12-3-5-13(6-4-12)28-29(26,18-2)27-10-14-7-8-16(30-14)20(24)25/h3-8,15H,9-10H2,1-2H3,(H,18,26)(H,19,21)(H,22,23). The summed E-state index contributed by atoms with van der Waals surface area (Å²) in [5.74, 6) is -1.40. The van der Waals surface area contributed by atoms with E-state index in [9.17, 15) is 29.4 Å². The largest absolute Gasteiger partial charge is 0.480 e. The molecule has 30 heavy (non-hydrogen) atoms. The topological polar surface area (TPSA) is 157 Å². The predicted octanol–water partition coefficient (Wildman–Crippen LogP) is 2.71. The molecule has 0 fully saturated rings. The first kappa shape index (κ1) is 23.5. The van der Waals surface area contributed by atoms with Crippen LogP contribution in [0, 0.1) is 10.1 Å². The molecule has 0 radical (unpaired) electrons. The second-order valence-corrected chi connectivity index (χ2v) is 9.05. The number of carboxylic acids is 1. The number of carbonyl (C=O) groups excluding carboxylic acids is 1. The summed E-state index contributed by atoms with van der Waals surface area (Å²) < 4.78 is 23.5. The van der Waals surface area contributed by atoms with Crippen molar-refractivity contribution in [2.24, 2.45) is 0 Å². The van der Waals surface area contributed by atoms with Gasteiger partial charge in [-0.3, -0.25) is 19.4 Å². The molecule has 162 valence electrons. The smallest absolute Gasteiger partial charge is 0.458 e. The lowest BCUT2D eigenvalue weighted by Crippen LogP contribution is -2.41. The van der Waals surface area contributed by atoms with Crippen LogP contribution in [0.25, 0.3) is 0 Å². The van der Waals surface area contributed by atoms with Crippen LogP contribution in [-0.2, 0) is 31.7 Å². The molecule has 2 aromatic rings. The van der Waals surface area contributed by atoms with Crippen LogP contribution >= 0.6 is 19.1 Å². The summed E-state index contributed by atoms with van der Waals surface area (Å²) in [4.78, 5) is 33.0. The van der Waals surface area contributed by atoms with E-state index in [1.165, 1.54) is 38.2 Å². The number of amides is 1. The maximum atomic E-state index is 12.7. The quantitative estimate of drug-likeness (QED) is 0.262. The summed E-state index contributed by atoms with van der Waals surface area (Å²) in [5.41, 5.74) is 0.620. The van der Waals surface area contributed by atoms with Crippen LogP contribution < -0.4 is 14.9 Å². The number of benzene rings is 1. The van der Waals surface area contributed by atoms with Crippen molar-refractivity contribution >= 4 is 36.0 Å². The Balaban J connectivity index is 2.00. The van der Waals surface area contributed by atoms with E-state index in [0.29, 0.717) is 10.4 Å². The molecule has 0 bridgehead atoms. The van der Waals surface area contributed by atoms with Crippen LogP contribution in [0.2, 0.25) is 0 Å². The Morgan fingerprint density at radius 2 is 1.93 bits per heavy atom. The molecular weight excluding hydrogens is 437 g/mol. The lowest BCUT2D eigenvalue weighted by atomic mass is 10.1. The van der Waals surface area contributed by atoms with Gasteiger partial charge in [-0.25, -0.2) is 14.4 Å². The maximum Gasteiger partial charge on any atom is 0.458 e. The fourth-order valence-corrected chi connectivity index (χ4v) is 4.14. The van der Waals surface area contributed by atoms with Gasteiger partial charge in [0.2, 0.25) is 5.91 Å². The van der Waals surface area contributed by atoms with E-state index in [1.807, 2.05) is 0 Å². The van der Waals surface area contributed by atoms with Crippen molar-refractivity contribution in [3.8, 4) is 5.75 Å². The molecule has 2 rings (SSSR count). The number of hydrogen-bond acceptors (Lipinski definition) is 8. The molecule has 11 nitrogen and oxygen atoms in total. The molecule has 0 aliphatic heterocycles. The third-order valence-corrected chi connectivity index (χ3v) is 6.22. The highest BCUT2D eigenvalue weighted by atomic mass is 32.1. The van der Waals surface area contributed by atoms with Crippen molar-refractivity contribution < 1.29 is 33.2 Å². The van der Waals surface area contributed by atoms with Gasteiger partial charge in [0.1, 0.15) is 11.8 Å². The van der Waals surface area contributed by atoms with Crippen LogP contribution in [0.3, 0.4) is 0 Å². The Bertz CT molecular complexity index is 962. The van der Waals surface area contributed by atoms with Crippen molar-refractivity contribution in [1.82, 2.24) is 10.4 Å². The number of nitrogens with zero attached hydrogens (tertiary/aromatic N) is 1. The number of nitro groups is 1. The number of nitrogens with one attached hydrogen (secondary N) is 2. The van der Waals surface area contributed by atoms with Gasteiger partial charge < -0.3 is 14.9 Å². The summed E-state index contributed by atoms with van der Waals surface area (Å²) in [6.45, 7) is 1.09. The van der Waals surface area contributed by atoms with E-state index < -0.39 is 30.6 Å². The lowest BCUT2D eigenvalue weighted by Gasteiger charge is -2.18. The van der Waals surface area contributed by atoms with Crippen molar-refractivity contribution in [3.63, 3.8) is 0 Å². The highest BCUT2D eigenvalue weighted by Crippen LogP contribution is 2.45. The van der Waals surface area contributed by atoms with Gasteiger partial charge in [0.25, 0.3) is 0 Å². The summed E-state index contributed by atoms with van der Waals surface area (Å²) >= 11 is 0.906. The fourth-order valence-electron chi connectivity index (χ4n) is 2.33. The molecule has 1 heterocycles. The monoisotopic (exact) mass is 457 g/mol. The molecule has 0 aliphatic rings. The van der Waals surface area contributed by atoms with Gasteiger partial charge >= 0.3 is 18.7 Å². The van der Waals surface area contributed by atoms with Gasteiger partial charge in [-0.05, 0) is 30.8 Å². The fraction of sp³-hybridized carbons (Fsp3) is 0.294. The highest BCUT2D eigenvalue weighted by molar-refractivity contribution is 7.52. The van der Waals surface area contributed by atoms with Crippen LogP contribution in [-0.4, -0.2) is 35.0 Å².